The minimum Gasteiger partial charge on any atom is -0.451 e. The summed E-state index contributed by atoms with van der Waals surface area (Å²) in [6, 6.07) is 20.2. The average Bonchev–Trinajstić information content (AvgIpc) is 3.32. The summed E-state index contributed by atoms with van der Waals surface area (Å²) < 4.78 is 32.6. The van der Waals surface area contributed by atoms with Gasteiger partial charge in [0.1, 0.15) is 17.2 Å². The first-order valence-electron chi connectivity index (χ1n) is 12.1. The molecule has 0 spiro atoms. The van der Waals surface area contributed by atoms with Crippen LogP contribution in [0.1, 0.15) is 40.1 Å². The third kappa shape index (κ3) is 5.32. The summed E-state index contributed by atoms with van der Waals surface area (Å²) in [7, 11) is 0. The molecule has 1 saturated heterocycles. The zero-order valence-electron chi connectivity index (χ0n) is 19.8. The van der Waals surface area contributed by atoms with Crippen molar-refractivity contribution in [1.82, 2.24) is 10.2 Å². The van der Waals surface area contributed by atoms with Crippen molar-refractivity contribution in [2.45, 2.75) is 31.4 Å². The summed E-state index contributed by atoms with van der Waals surface area (Å²) in [5.74, 6) is -0.722. The molecule has 186 valence electrons. The molecule has 36 heavy (non-hydrogen) atoms. The van der Waals surface area contributed by atoms with Gasteiger partial charge in [0.15, 0.2) is 5.76 Å². The lowest BCUT2D eigenvalue weighted by molar-refractivity contribution is -0.0276. The number of piperidine rings is 1. The van der Waals surface area contributed by atoms with E-state index in [4.69, 9.17) is 4.42 Å². The fourth-order valence-electron chi connectivity index (χ4n) is 4.76. The van der Waals surface area contributed by atoms with Gasteiger partial charge in [0, 0.05) is 31.6 Å². The fraction of sp³-hybridized carbons (Fsp3) is 0.276. The van der Waals surface area contributed by atoms with Gasteiger partial charge in [-0.15, -0.1) is 0 Å². The van der Waals surface area contributed by atoms with Crippen LogP contribution in [0.15, 0.2) is 77.2 Å². The number of halogens is 2. The van der Waals surface area contributed by atoms with Crippen LogP contribution >= 0.6 is 0 Å². The maximum Gasteiger partial charge on any atom is 0.287 e. The molecular formula is C29H28F2N2O3. The first kappa shape index (κ1) is 24.2. The Balaban J connectivity index is 1.20. The summed E-state index contributed by atoms with van der Waals surface area (Å²) in [4.78, 5) is 14.8. The number of rotatable bonds is 7. The second-order valence-corrected chi connectivity index (χ2v) is 9.39. The van der Waals surface area contributed by atoms with Crippen molar-refractivity contribution in [2.24, 2.45) is 0 Å². The third-order valence-corrected chi connectivity index (χ3v) is 6.92. The minimum absolute atomic E-state index is 0.178. The third-order valence-electron chi connectivity index (χ3n) is 6.92. The number of carbonyl (C=O) groups is 1. The average molecular weight is 491 g/mol. The molecule has 4 aromatic rings. The molecule has 0 aliphatic carbocycles. The van der Waals surface area contributed by atoms with Crippen LogP contribution in [0.2, 0.25) is 0 Å². The van der Waals surface area contributed by atoms with Crippen molar-refractivity contribution in [3.63, 3.8) is 0 Å². The van der Waals surface area contributed by atoms with Crippen LogP contribution in [0.5, 0.6) is 0 Å². The molecule has 1 aliphatic rings. The van der Waals surface area contributed by atoms with Crippen LogP contribution in [-0.2, 0) is 18.6 Å². The Morgan fingerprint density at radius 3 is 2.50 bits per heavy atom. The lowest BCUT2D eigenvalue weighted by atomic mass is 9.84. The Kier molecular flexibility index (Phi) is 6.85. The number of aliphatic hydroxyl groups is 1. The zero-order valence-corrected chi connectivity index (χ0v) is 19.8. The molecule has 0 atom stereocenters. The number of likely N-dealkylation sites (tertiary alicyclic amines) is 1. The molecule has 5 rings (SSSR count). The van der Waals surface area contributed by atoms with Gasteiger partial charge < -0.3 is 14.8 Å². The van der Waals surface area contributed by atoms with Crippen molar-refractivity contribution in [3.8, 4) is 0 Å². The highest BCUT2D eigenvalue weighted by Crippen LogP contribution is 2.35. The van der Waals surface area contributed by atoms with E-state index in [1.54, 1.807) is 42.5 Å². The van der Waals surface area contributed by atoms with E-state index in [1.165, 1.54) is 18.2 Å². The Hall–Kier alpha value is -3.55. The summed E-state index contributed by atoms with van der Waals surface area (Å²) in [5.41, 5.74) is 1.98. The molecule has 1 fully saturated rings. The van der Waals surface area contributed by atoms with Crippen molar-refractivity contribution in [3.05, 3.63) is 107 Å². The van der Waals surface area contributed by atoms with E-state index in [9.17, 15) is 18.7 Å². The van der Waals surface area contributed by atoms with E-state index in [0.29, 0.717) is 50.0 Å². The van der Waals surface area contributed by atoms with E-state index < -0.39 is 5.60 Å². The van der Waals surface area contributed by atoms with Gasteiger partial charge in [-0.2, -0.15) is 0 Å². The molecule has 2 N–H and O–H groups in total. The van der Waals surface area contributed by atoms with Gasteiger partial charge in [-0.3, -0.25) is 9.69 Å². The van der Waals surface area contributed by atoms with E-state index in [1.807, 2.05) is 12.1 Å². The summed E-state index contributed by atoms with van der Waals surface area (Å²) >= 11 is 0. The highest BCUT2D eigenvalue weighted by Gasteiger charge is 2.34. The van der Waals surface area contributed by atoms with Gasteiger partial charge in [0.25, 0.3) is 5.91 Å². The highest BCUT2D eigenvalue weighted by atomic mass is 19.1. The van der Waals surface area contributed by atoms with E-state index >= 15 is 0 Å². The first-order valence-corrected chi connectivity index (χ1v) is 12.1. The lowest BCUT2D eigenvalue weighted by Crippen LogP contribution is -2.42. The second-order valence-electron chi connectivity index (χ2n) is 9.39. The standard InChI is InChI=1S/C29H28F2N2O3/c30-24-8-5-20(6-9-24)19-33-15-12-29(35,13-16-33)23-7-10-26-22(17-23)18-27(36-26)28(34)32-14-11-21-3-1-2-4-25(21)31/h1-10,17-18,35H,11-16,19H2,(H,32,34). The number of furan rings is 1. The summed E-state index contributed by atoms with van der Waals surface area (Å²) in [5, 5.41) is 14.9. The first-order chi connectivity index (χ1) is 17.4. The minimum atomic E-state index is -0.965. The smallest absolute Gasteiger partial charge is 0.287 e. The molecule has 5 nitrogen and oxygen atoms in total. The predicted molar refractivity (Wildman–Crippen MR) is 133 cm³/mol. The number of carbonyl (C=O) groups excluding carboxylic acids is 1. The van der Waals surface area contributed by atoms with Crippen LogP contribution < -0.4 is 5.32 Å². The van der Waals surface area contributed by atoms with E-state index in [0.717, 1.165) is 16.5 Å². The summed E-state index contributed by atoms with van der Waals surface area (Å²) in [6.07, 6.45) is 1.52. The van der Waals surface area contributed by atoms with Gasteiger partial charge in [-0.05, 0) is 72.4 Å². The van der Waals surface area contributed by atoms with E-state index in [2.05, 4.69) is 10.2 Å². The second kappa shape index (κ2) is 10.2. The van der Waals surface area contributed by atoms with Gasteiger partial charge >= 0.3 is 0 Å². The van der Waals surface area contributed by atoms with Crippen LogP contribution in [0.4, 0.5) is 8.78 Å². The number of nitrogens with zero attached hydrogens (tertiary/aromatic N) is 1. The molecule has 0 bridgehead atoms. The molecule has 1 amide bonds. The predicted octanol–water partition coefficient (Wildman–Crippen LogP) is 5.17. The maximum atomic E-state index is 13.8. The van der Waals surface area contributed by atoms with Gasteiger partial charge in [0.2, 0.25) is 0 Å². The number of fused-ring (bicyclic) bond motifs is 1. The molecule has 0 unspecified atom stereocenters. The largest absolute Gasteiger partial charge is 0.451 e. The fourth-order valence-corrected chi connectivity index (χ4v) is 4.76. The SMILES string of the molecule is O=C(NCCc1ccccc1F)c1cc2cc(C3(O)CCN(Cc4ccc(F)cc4)CC3)ccc2o1. The number of hydrogen-bond acceptors (Lipinski definition) is 4. The topological polar surface area (TPSA) is 65.7 Å². The Morgan fingerprint density at radius 1 is 1.00 bits per heavy atom. The van der Waals surface area contributed by atoms with Crippen molar-refractivity contribution in [2.75, 3.05) is 19.6 Å². The normalized spacial score (nSPS) is 15.8. The van der Waals surface area contributed by atoms with Crippen LogP contribution in [0.25, 0.3) is 11.0 Å². The van der Waals surface area contributed by atoms with Crippen LogP contribution in [0.3, 0.4) is 0 Å². The van der Waals surface area contributed by atoms with E-state index in [-0.39, 0.29) is 29.8 Å². The number of hydrogen-bond donors (Lipinski definition) is 2. The van der Waals surface area contributed by atoms with Crippen LogP contribution in [-0.4, -0.2) is 35.5 Å². The Morgan fingerprint density at radius 2 is 1.75 bits per heavy atom. The molecular weight excluding hydrogens is 462 g/mol. The maximum absolute atomic E-state index is 13.8. The number of benzene rings is 3. The Bertz CT molecular complexity index is 1360. The van der Waals surface area contributed by atoms with Crippen LogP contribution in [0, 0.1) is 11.6 Å². The molecule has 0 saturated carbocycles. The number of amides is 1. The molecule has 1 aliphatic heterocycles. The van der Waals surface area contributed by atoms with Crippen molar-refractivity contribution >= 4 is 16.9 Å². The van der Waals surface area contributed by atoms with Crippen molar-refractivity contribution < 1.29 is 23.1 Å². The van der Waals surface area contributed by atoms with Gasteiger partial charge in [0.05, 0.1) is 5.60 Å². The van der Waals surface area contributed by atoms with Gasteiger partial charge in [-0.25, -0.2) is 8.78 Å². The molecule has 1 aromatic heterocycles. The van der Waals surface area contributed by atoms with Gasteiger partial charge in [-0.1, -0.05) is 36.4 Å². The molecule has 7 heteroatoms. The monoisotopic (exact) mass is 490 g/mol. The summed E-state index contributed by atoms with van der Waals surface area (Å²) in [6.45, 7) is 2.43. The highest BCUT2D eigenvalue weighted by molar-refractivity contribution is 5.96. The molecule has 3 aromatic carbocycles. The Labute approximate surface area is 208 Å². The lowest BCUT2D eigenvalue weighted by Gasteiger charge is -2.38. The quantitative estimate of drug-likeness (QED) is 0.375. The number of nitrogens with one attached hydrogen (secondary N) is 1. The molecule has 2 heterocycles. The zero-order chi connectivity index (χ0) is 25.1. The molecule has 0 radical (unpaired) electrons. The van der Waals surface area contributed by atoms with Crippen molar-refractivity contribution in [1.29, 1.82) is 0 Å².